The highest BCUT2D eigenvalue weighted by atomic mass is 32.2. The monoisotopic (exact) mass is 267 g/mol. The van der Waals surface area contributed by atoms with Crippen molar-refractivity contribution in [2.75, 3.05) is 10.5 Å². The van der Waals surface area contributed by atoms with Gasteiger partial charge in [0.05, 0.1) is 5.69 Å². The van der Waals surface area contributed by atoms with Gasteiger partial charge < -0.3 is 10.3 Å². The Morgan fingerprint density at radius 1 is 1.22 bits per heavy atom. The van der Waals surface area contributed by atoms with Crippen LogP contribution in [0.4, 0.5) is 11.5 Å². The van der Waals surface area contributed by atoms with Crippen molar-refractivity contribution >= 4 is 21.5 Å². The standard InChI is InChI=1S/C11H13N3O3S/c1-7-3-4-8(2)11(10(7)12)18(15,16)14-9-5-6-17-13-9/h3-6H,12H2,1-2H3,(H,13,14). The number of nitrogen functional groups attached to an aromatic ring is 1. The average molecular weight is 267 g/mol. The first-order valence-corrected chi connectivity index (χ1v) is 6.69. The SMILES string of the molecule is Cc1ccc(C)c(S(=O)(=O)Nc2ccon2)c1N. The third-order valence-corrected chi connectivity index (χ3v) is 4.11. The molecule has 0 saturated carbocycles. The van der Waals surface area contributed by atoms with Gasteiger partial charge in [0.2, 0.25) is 0 Å². The van der Waals surface area contributed by atoms with Gasteiger partial charge in [-0.25, -0.2) is 8.42 Å². The molecule has 2 rings (SSSR count). The van der Waals surface area contributed by atoms with Crippen LogP contribution in [0.1, 0.15) is 11.1 Å². The zero-order valence-electron chi connectivity index (χ0n) is 9.97. The van der Waals surface area contributed by atoms with Gasteiger partial charge in [-0.05, 0) is 25.0 Å². The van der Waals surface area contributed by atoms with Gasteiger partial charge >= 0.3 is 0 Å². The normalized spacial score (nSPS) is 11.4. The summed E-state index contributed by atoms with van der Waals surface area (Å²) < 4.78 is 31.3. The fourth-order valence-corrected chi connectivity index (χ4v) is 3.04. The molecular formula is C11H13N3O3S. The number of benzene rings is 1. The summed E-state index contributed by atoms with van der Waals surface area (Å²) in [5.74, 6) is 0.121. The molecule has 0 unspecified atom stereocenters. The smallest absolute Gasteiger partial charge is 0.265 e. The first-order chi connectivity index (χ1) is 8.42. The molecule has 6 nitrogen and oxygen atoms in total. The molecule has 3 N–H and O–H groups in total. The Kier molecular flexibility index (Phi) is 3.00. The predicted octanol–water partition coefficient (Wildman–Crippen LogP) is 1.67. The quantitative estimate of drug-likeness (QED) is 0.824. The van der Waals surface area contributed by atoms with E-state index in [1.165, 1.54) is 12.3 Å². The lowest BCUT2D eigenvalue weighted by atomic mass is 10.1. The number of hydrogen-bond acceptors (Lipinski definition) is 5. The maximum atomic E-state index is 12.2. The zero-order chi connectivity index (χ0) is 13.3. The Balaban J connectivity index is 2.51. The second kappa shape index (κ2) is 4.34. The van der Waals surface area contributed by atoms with Gasteiger partial charge in [-0.3, -0.25) is 4.72 Å². The van der Waals surface area contributed by atoms with Crippen molar-refractivity contribution in [3.63, 3.8) is 0 Å². The molecule has 1 aromatic heterocycles. The van der Waals surface area contributed by atoms with Gasteiger partial charge in [-0.1, -0.05) is 17.3 Å². The van der Waals surface area contributed by atoms with Crippen LogP contribution in [0.2, 0.25) is 0 Å². The lowest BCUT2D eigenvalue weighted by molar-refractivity contribution is 0.423. The number of nitrogens with two attached hydrogens (primary N) is 1. The largest absolute Gasteiger partial charge is 0.397 e. The molecule has 0 fully saturated rings. The van der Waals surface area contributed by atoms with Crippen LogP contribution < -0.4 is 10.5 Å². The summed E-state index contributed by atoms with van der Waals surface area (Å²) >= 11 is 0. The minimum atomic E-state index is -3.76. The van der Waals surface area contributed by atoms with Crippen LogP contribution in [-0.4, -0.2) is 13.6 Å². The maximum absolute atomic E-state index is 12.2. The van der Waals surface area contributed by atoms with E-state index in [4.69, 9.17) is 5.73 Å². The van der Waals surface area contributed by atoms with E-state index in [2.05, 4.69) is 14.4 Å². The van der Waals surface area contributed by atoms with Crippen molar-refractivity contribution < 1.29 is 12.9 Å². The predicted molar refractivity (Wildman–Crippen MR) is 67.6 cm³/mol. The van der Waals surface area contributed by atoms with E-state index >= 15 is 0 Å². The second-order valence-corrected chi connectivity index (χ2v) is 5.55. The maximum Gasteiger partial charge on any atom is 0.265 e. The fraction of sp³-hybridized carbons (Fsp3) is 0.182. The lowest BCUT2D eigenvalue weighted by Gasteiger charge is -2.12. The Morgan fingerprint density at radius 3 is 2.50 bits per heavy atom. The lowest BCUT2D eigenvalue weighted by Crippen LogP contribution is -2.17. The first-order valence-electron chi connectivity index (χ1n) is 5.20. The van der Waals surface area contributed by atoms with Gasteiger partial charge in [0.1, 0.15) is 11.2 Å². The first kappa shape index (κ1) is 12.4. The minimum absolute atomic E-state index is 0.0745. The molecule has 7 heteroatoms. The molecule has 0 saturated heterocycles. The summed E-state index contributed by atoms with van der Waals surface area (Å²) in [5, 5.41) is 3.50. The van der Waals surface area contributed by atoms with Crippen LogP contribution >= 0.6 is 0 Å². The molecule has 0 atom stereocenters. The van der Waals surface area contributed by atoms with Gasteiger partial charge in [0, 0.05) is 6.07 Å². The Bertz CT molecular complexity index is 663. The van der Waals surface area contributed by atoms with Gasteiger partial charge in [0.15, 0.2) is 5.82 Å². The number of hydrogen-bond donors (Lipinski definition) is 2. The topological polar surface area (TPSA) is 98.2 Å². The van der Waals surface area contributed by atoms with E-state index in [0.29, 0.717) is 11.1 Å². The Labute approximate surface area is 105 Å². The molecule has 0 amide bonds. The highest BCUT2D eigenvalue weighted by molar-refractivity contribution is 7.93. The molecular weight excluding hydrogens is 254 g/mol. The molecule has 1 heterocycles. The van der Waals surface area contributed by atoms with Gasteiger partial charge in [-0.15, -0.1) is 0 Å². The summed E-state index contributed by atoms with van der Waals surface area (Å²) in [6.07, 6.45) is 1.28. The molecule has 0 aliphatic carbocycles. The molecule has 0 radical (unpaired) electrons. The molecule has 18 heavy (non-hydrogen) atoms. The van der Waals surface area contributed by atoms with Crippen LogP contribution in [0, 0.1) is 13.8 Å². The van der Waals surface area contributed by atoms with Crippen LogP contribution in [0.15, 0.2) is 33.9 Å². The van der Waals surface area contributed by atoms with E-state index < -0.39 is 10.0 Å². The second-order valence-electron chi connectivity index (χ2n) is 3.93. The van der Waals surface area contributed by atoms with E-state index in [0.717, 1.165) is 0 Å². The van der Waals surface area contributed by atoms with Crippen molar-refractivity contribution in [3.05, 3.63) is 35.6 Å². The van der Waals surface area contributed by atoms with Crippen LogP contribution in [0.3, 0.4) is 0 Å². The van der Waals surface area contributed by atoms with E-state index in [-0.39, 0.29) is 16.4 Å². The number of nitrogens with one attached hydrogen (secondary N) is 1. The third kappa shape index (κ3) is 2.17. The minimum Gasteiger partial charge on any atom is -0.397 e. The van der Waals surface area contributed by atoms with Crippen molar-refractivity contribution in [1.82, 2.24) is 5.16 Å². The van der Waals surface area contributed by atoms with Crippen molar-refractivity contribution in [1.29, 1.82) is 0 Å². The Morgan fingerprint density at radius 2 is 1.89 bits per heavy atom. The highest BCUT2D eigenvalue weighted by Gasteiger charge is 2.22. The van der Waals surface area contributed by atoms with Crippen molar-refractivity contribution in [2.24, 2.45) is 0 Å². The molecule has 0 aliphatic rings. The number of aryl methyl sites for hydroxylation is 2. The molecule has 2 aromatic rings. The number of rotatable bonds is 3. The van der Waals surface area contributed by atoms with Gasteiger partial charge in [-0.2, -0.15) is 0 Å². The summed E-state index contributed by atoms with van der Waals surface area (Å²) in [6, 6.07) is 4.90. The molecule has 0 aliphatic heterocycles. The van der Waals surface area contributed by atoms with Gasteiger partial charge in [0.25, 0.3) is 10.0 Å². The van der Waals surface area contributed by atoms with Crippen LogP contribution in [0.25, 0.3) is 0 Å². The zero-order valence-corrected chi connectivity index (χ0v) is 10.8. The third-order valence-electron chi connectivity index (χ3n) is 2.56. The summed E-state index contributed by atoms with van der Waals surface area (Å²) in [4.78, 5) is 0.0745. The molecule has 1 aromatic carbocycles. The molecule has 0 spiro atoms. The Hall–Kier alpha value is -2.02. The number of anilines is 2. The molecule has 0 bridgehead atoms. The molecule has 96 valence electrons. The fourth-order valence-electron chi connectivity index (χ4n) is 1.62. The van der Waals surface area contributed by atoms with Crippen molar-refractivity contribution in [2.45, 2.75) is 18.7 Å². The number of sulfonamides is 1. The number of nitrogens with zero attached hydrogens (tertiary/aromatic N) is 1. The number of aromatic nitrogens is 1. The summed E-state index contributed by atoms with van der Waals surface area (Å²) in [7, 11) is -3.76. The van der Waals surface area contributed by atoms with E-state index in [9.17, 15) is 8.42 Å². The highest BCUT2D eigenvalue weighted by Crippen LogP contribution is 2.27. The van der Waals surface area contributed by atoms with Crippen LogP contribution in [-0.2, 0) is 10.0 Å². The van der Waals surface area contributed by atoms with Crippen LogP contribution in [0.5, 0.6) is 0 Å². The van der Waals surface area contributed by atoms with E-state index in [1.807, 2.05) is 0 Å². The summed E-state index contributed by atoms with van der Waals surface area (Å²) in [5.41, 5.74) is 7.36. The van der Waals surface area contributed by atoms with E-state index in [1.54, 1.807) is 26.0 Å². The summed E-state index contributed by atoms with van der Waals surface area (Å²) in [6.45, 7) is 3.44. The average Bonchev–Trinajstić information content (AvgIpc) is 2.75. The van der Waals surface area contributed by atoms with Crippen molar-refractivity contribution in [3.8, 4) is 0 Å².